The van der Waals surface area contributed by atoms with Gasteiger partial charge in [0.25, 0.3) is 0 Å². The zero-order valence-corrected chi connectivity index (χ0v) is 11.3. The number of hydrogen-bond acceptors (Lipinski definition) is 4. The van der Waals surface area contributed by atoms with Gasteiger partial charge in [-0.2, -0.15) is 0 Å². The van der Waals surface area contributed by atoms with Crippen LogP contribution >= 0.6 is 0 Å². The van der Waals surface area contributed by atoms with Crippen molar-refractivity contribution in [1.29, 1.82) is 0 Å². The molecule has 1 aromatic carbocycles. The Labute approximate surface area is 106 Å². The topological polar surface area (TPSA) is 81.4 Å². The van der Waals surface area contributed by atoms with Gasteiger partial charge in [-0.15, -0.1) is 0 Å². The first-order valence-electron chi connectivity index (χ1n) is 5.26. The molecule has 0 aliphatic heterocycles. The first kappa shape index (κ1) is 14.9. The zero-order chi connectivity index (χ0) is 14.0. The third kappa shape index (κ3) is 3.41. The number of ether oxygens (including phenoxy) is 1. The summed E-state index contributed by atoms with van der Waals surface area (Å²) >= 11 is 0. The average molecular weight is 276 g/mol. The fourth-order valence-corrected chi connectivity index (χ4v) is 3.21. The van der Waals surface area contributed by atoms with E-state index < -0.39 is 26.3 Å². The zero-order valence-electron chi connectivity index (χ0n) is 10.5. The summed E-state index contributed by atoms with van der Waals surface area (Å²) < 4.78 is 45.0. The van der Waals surface area contributed by atoms with E-state index in [0.29, 0.717) is 0 Å². The molecule has 0 spiro atoms. The molecule has 102 valence electrons. The van der Waals surface area contributed by atoms with Crippen LogP contribution in [0.5, 0.6) is 0 Å². The summed E-state index contributed by atoms with van der Waals surface area (Å²) in [6, 6.07) is 3.74. The highest BCUT2D eigenvalue weighted by molar-refractivity contribution is 7.89. The number of rotatable bonds is 5. The van der Waals surface area contributed by atoms with Gasteiger partial charge in [0.05, 0.1) is 17.8 Å². The SMILES string of the molecule is COCC(C)(C)NS(=O)(=O)c1c(N)cccc1F. The van der Waals surface area contributed by atoms with Crippen LogP contribution in [-0.2, 0) is 14.8 Å². The molecule has 0 amide bonds. The summed E-state index contributed by atoms with van der Waals surface area (Å²) in [6.07, 6.45) is 0. The average Bonchev–Trinajstić information content (AvgIpc) is 2.13. The summed E-state index contributed by atoms with van der Waals surface area (Å²) in [5.74, 6) is -0.879. The van der Waals surface area contributed by atoms with Gasteiger partial charge in [0.15, 0.2) is 0 Å². The molecule has 0 aromatic heterocycles. The molecule has 0 fully saturated rings. The van der Waals surface area contributed by atoms with E-state index in [1.54, 1.807) is 13.8 Å². The van der Waals surface area contributed by atoms with Crippen LogP contribution in [-0.4, -0.2) is 27.7 Å². The minimum atomic E-state index is -4.03. The van der Waals surface area contributed by atoms with E-state index in [-0.39, 0.29) is 12.3 Å². The van der Waals surface area contributed by atoms with E-state index in [1.165, 1.54) is 19.2 Å². The van der Waals surface area contributed by atoms with Crippen molar-refractivity contribution in [2.24, 2.45) is 0 Å². The summed E-state index contributed by atoms with van der Waals surface area (Å²) in [5, 5.41) is 0. The Hall–Kier alpha value is -1.18. The maximum atomic E-state index is 13.6. The van der Waals surface area contributed by atoms with Crippen LogP contribution in [0.2, 0.25) is 0 Å². The Morgan fingerprint density at radius 3 is 2.56 bits per heavy atom. The number of nitrogen functional groups attached to an aromatic ring is 1. The van der Waals surface area contributed by atoms with Crippen molar-refractivity contribution in [2.45, 2.75) is 24.3 Å². The smallest absolute Gasteiger partial charge is 0.246 e. The van der Waals surface area contributed by atoms with Crippen LogP contribution in [0.4, 0.5) is 10.1 Å². The maximum absolute atomic E-state index is 13.6. The van der Waals surface area contributed by atoms with Crippen LogP contribution in [0, 0.1) is 5.82 Å². The number of halogens is 1. The van der Waals surface area contributed by atoms with Crippen molar-refractivity contribution in [1.82, 2.24) is 4.72 Å². The van der Waals surface area contributed by atoms with Crippen LogP contribution in [0.15, 0.2) is 23.1 Å². The van der Waals surface area contributed by atoms with Gasteiger partial charge in [-0.25, -0.2) is 17.5 Å². The minimum Gasteiger partial charge on any atom is -0.398 e. The van der Waals surface area contributed by atoms with Crippen molar-refractivity contribution < 1.29 is 17.5 Å². The molecule has 0 unspecified atom stereocenters. The molecule has 0 heterocycles. The van der Waals surface area contributed by atoms with Gasteiger partial charge in [-0.05, 0) is 26.0 Å². The number of benzene rings is 1. The molecule has 0 saturated carbocycles. The Kier molecular flexibility index (Phi) is 4.31. The first-order chi connectivity index (χ1) is 8.19. The van der Waals surface area contributed by atoms with Crippen molar-refractivity contribution >= 4 is 15.7 Å². The molecular weight excluding hydrogens is 259 g/mol. The van der Waals surface area contributed by atoms with Crippen molar-refractivity contribution in [3.8, 4) is 0 Å². The Morgan fingerprint density at radius 1 is 1.44 bits per heavy atom. The van der Waals surface area contributed by atoms with Gasteiger partial charge in [-0.3, -0.25) is 0 Å². The van der Waals surface area contributed by atoms with Crippen molar-refractivity contribution in [3.05, 3.63) is 24.0 Å². The molecule has 0 aliphatic carbocycles. The largest absolute Gasteiger partial charge is 0.398 e. The van der Waals surface area contributed by atoms with E-state index in [0.717, 1.165) is 6.07 Å². The number of methoxy groups -OCH3 is 1. The Bertz CT molecular complexity index is 509. The Balaban J connectivity index is 3.15. The summed E-state index contributed by atoms with van der Waals surface area (Å²) in [4.78, 5) is -0.533. The van der Waals surface area contributed by atoms with Crippen LogP contribution in [0.1, 0.15) is 13.8 Å². The maximum Gasteiger partial charge on any atom is 0.246 e. The summed E-state index contributed by atoms with van der Waals surface area (Å²) in [7, 11) is -2.58. The number of nitrogens with two attached hydrogens (primary N) is 1. The van der Waals surface area contributed by atoms with E-state index in [1.807, 2.05) is 0 Å². The second-order valence-electron chi connectivity index (χ2n) is 4.58. The molecule has 3 N–H and O–H groups in total. The minimum absolute atomic E-state index is 0.129. The number of hydrogen-bond donors (Lipinski definition) is 2. The molecule has 7 heteroatoms. The van der Waals surface area contributed by atoms with Crippen molar-refractivity contribution in [2.75, 3.05) is 19.5 Å². The van der Waals surface area contributed by atoms with E-state index in [4.69, 9.17) is 10.5 Å². The fraction of sp³-hybridized carbons (Fsp3) is 0.455. The molecule has 1 aromatic rings. The van der Waals surface area contributed by atoms with Crippen LogP contribution in [0.25, 0.3) is 0 Å². The van der Waals surface area contributed by atoms with Gasteiger partial charge >= 0.3 is 0 Å². The molecular formula is C11H17FN2O3S. The van der Waals surface area contributed by atoms with Gasteiger partial charge in [0, 0.05) is 7.11 Å². The molecule has 0 atom stereocenters. The second-order valence-corrected chi connectivity index (χ2v) is 6.20. The molecule has 1 rings (SSSR count). The van der Waals surface area contributed by atoms with Crippen molar-refractivity contribution in [3.63, 3.8) is 0 Å². The van der Waals surface area contributed by atoms with Gasteiger partial charge in [-0.1, -0.05) is 6.07 Å². The monoisotopic (exact) mass is 276 g/mol. The Morgan fingerprint density at radius 2 is 2.06 bits per heavy atom. The molecule has 18 heavy (non-hydrogen) atoms. The highest BCUT2D eigenvalue weighted by Gasteiger charge is 2.29. The fourth-order valence-electron chi connectivity index (χ4n) is 1.61. The van der Waals surface area contributed by atoms with Gasteiger partial charge in [0.1, 0.15) is 10.7 Å². The lowest BCUT2D eigenvalue weighted by Gasteiger charge is -2.25. The summed E-state index contributed by atoms with van der Waals surface area (Å²) in [6.45, 7) is 3.41. The van der Waals surface area contributed by atoms with E-state index >= 15 is 0 Å². The standard InChI is InChI=1S/C11H17FN2O3S/c1-11(2,7-17-3)14-18(15,16)10-8(12)5-4-6-9(10)13/h4-6,14H,7,13H2,1-3H3. The van der Waals surface area contributed by atoms with E-state index in [9.17, 15) is 12.8 Å². The van der Waals surface area contributed by atoms with Gasteiger partial charge < -0.3 is 10.5 Å². The quantitative estimate of drug-likeness (QED) is 0.789. The lowest BCUT2D eigenvalue weighted by atomic mass is 10.1. The normalized spacial score (nSPS) is 12.7. The lowest BCUT2D eigenvalue weighted by Crippen LogP contribution is -2.47. The predicted molar refractivity (Wildman–Crippen MR) is 67.1 cm³/mol. The number of sulfonamides is 1. The molecule has 0 saturated heterocycles. The van der Waals surface area contributed by atoms with E-state index in [2.05, 4.69) is 4.72 Å². The van der Waals surface area contributed by atoms with Crippen LogP contribution < -0.4 is 10.5 Å². The highest BCUT2D eigenvalue weighted by Crippen LogP contribution is 2.23. The first-order valence-corrected chi connectivity index (χ1v) is 6.75. The molecule has 0 radical (unpaired) electrons. The second kappa shape index (κ2) is 5.21. The molecule has 0 bridgehead atoms. The van der Waals surface area contributed by atoms with Crippen LogP contribution in [0.3, 0.4) is 0 Å². The lowest BCUT2D eigenvalue weighted by molar-refractivity contribution is 0.141. The number of nitrogens with one attached hydrogen (secondary N) is 1. The third-order valence-electron chi connectivity index (χ3n) is 2.18. The number of anilines is 1. The predicted octanol–water partition coefficient (Wildman–Crippen LogP) is 1.11. The van der Waals surface area contributed by atoms with Gasteiger partial charge in [0.2, 0.25) is 10.0 Å². The molecule has 5 nitrogen and oxygen atoms in total. The third-order valence-corrected chi connectivity index (χ3v) is 3.97. The highest BCUT2D eigenvalue weighted by atomic mass is 32.2. The molecule has 0 aliphatic rings. The summed E-state index contributed by atoms with van der Waals surface area (Å²) in [5.41, 5.74) is 4.52.